The Morgan fingerprint density at radius 2 is 2.24 bits per heavy atom. The minimum Gasteiger partial charge on any atom is -0.337 e. The summed E-state index contributed by atoms with van der Waals surface area (Å²) in [6.07, 6.45) is 1.25. The van der Waals surface area contributed by atoms with Gasteiger partial charge in [0.25, 0.3) is 5.56 Å². The monoisotopic (exact) mass is 297 g/mol. The fraction of sp³-hybridized carbons (Fsp3) is 0.0909. The van der Waals surface area contributed by atoms with Crippen LogP contribution < -0.4 is 10.9 Å². The van der Waals surface area contributed by atoms with Gasteiger partial charge in [-0.2, -0.15) is 0 Å². The highest BCUT2D eigenvalue weighted by Gasteiger charge is 2.08. The molecule has 0 aliphatic rings. The fourth-order valence-corrected chi connectivity index (χ4v) is 1.65. The smallest absolute Gasteiger partial charge is 0.267 e. The lowest BCUT2D eigenvalue weighted by Gasteiger charge is -2.08. The van der Waals surface area contributed by atoms with Crippen LogP contribution in [0, 0.1) is 12.7 Å². The zero-order valence-electron chi connectivity index (χ0n) is 8.92. The van der Waals surface area contributed by atoms with E-state index < -0.39 is 5.82 Å². The third-order valence-electron chi connectivity index (χ3n) is 2.17. The standard InChI is InChI=1S/C11H9BrFN3O/c1-6-2-3-7(13)8(4-6)16-10-9(12)11(17)15-5-14-10/h2-5H,1H3,(H2,14,15,16,17). The summed E-state index contributed by atoms with van der Waals surface area (Å²) in [4.78, 5) is 17.6. The Hall–Kier alpha value is -1.69. The lowest BCUT2D eigenvalue weighted by Crippen LogP contribution is -2.10. The number of aromatic amines is 1. The van der Waals surface area contributed by atoms with E-state index in [1.807, 2.05) is 6.92 Å². The van der Waals surface area contributed by atoms with Gasteiger partial charge in [-0.1, -0.05) is 6.07 Å². The number of H-pyrrole nitrogens is 1. The molecule has 1 aromatic carbocycles. The summed E-state index contributed by atoms with van der Waals surface area (Å²) in [7, 11) is 0. The molecule has 0 saturated carbocycles. The molecule has 17 heavy (non-hydrogen) atoms. The Bertz CT molecular complexity index is 612. The minimum atomic E-state index is -0.399. The molecular weight excluding hydrogens is 289 g/mol. The number of aryl methyl sites for hydroxylation is 1. The second-order valence-electron chi connectivity index (χ2n) is 3.50. The SMILES string of the molecule is Cc1ccc(F)c(Nc2nc[nH]c(=O)c2Br)c1. The molecule has 2 N–H and O–H groups in total. The van der Waals surface area contributed by atoms with Gasteiger partial charge in [0.2, 0.25) is 0 Å². The molecule has 0 saturated heterocycles. The molecule has 2 rings (SSSR count). The first-order valence-corrected chi connectivity index (χ1v) is 5.63. The van der Waals surface area contributed by atoms with E-state index in [1.54, 1.807) is 12.1 Å². The third-order valence-corrected chi connectivity index (χ3v) is 2.91. The van der Waals surface area contributed by atoms with Crippen molar-refractivity contribution in [2.45, 2.75) is 6.92 Å². The van der Waals surface area contributed by atoms with Gasteiger partial charge in [0.1, 0.15) is 10.3 Å². The van der Waals surface area contributed by atoms with Crippen molar-refractivity contribution in [1.29, 1.82) is 0 Å². The summed E-state index contributed by atoms with van der Waals surface area (Å²) in [6, 6.07) is 4.67. The molecular formula is C11H9BrFN3O. The van der Waals surface area contributed by atoms with E-state index in [4.69, 9.17) is 0 Å². The first-order valence-electron chi connectivity index (χ1n) is 4.84. The summed E-state index contributed by atoms with van der Waals surface area (Å²) in [6.45, 7) is 1.85. The fourth-order valence-electron chi connectivity index (χ4n) is 1.33. The molecule has 0 spiro atoms. The van der Waals surface area contributed by atoms with E-state index in [2.05, 4.69) is 31.2 Å². The van der Waals surface area contributed by atoms with Gasteiger partial charge in [-0.3, -0.25) is 4.79 Å². The Morgan fingerprint density at radius 3 is 3.00 bits per heavy atom. The molecule has 2 aromatic rings. The summed E-state index contributed by atoms with van der Waals surface area (Å²) in [5.74, 6) is -0.122. The van der Waals surface area contributed by atoms with Crippen molar-refractivity contribution in [3.05, 3.63) is 50.7 Å². The first kappa shape index (κ1) is 11.8. The molecule has 4 nitrogen and oxygen atoms in total. The number of halogens is 2. The van der Waals surface area contributed by atoms with Crippen molar-refractivity contribution < 1.29 is 4.39 Å². The normalized spacial score (nSPS) is 10.3. The zero-order valence-corrected chi connectivity index (χ0v) is 10.5. The van der Waals surface area contributed by atoms with Crippen molar-refractivity contribution in [1.82, 2.24) is 9.97 Å². The molecule has 0 radical (unpaired) electrons. The summed E-state index contributed by atoms with van der Waals surface area (Å²) in [5, 5.41) is 2.77. The van der Waals surface area contributed by atoms with Crippen LogP contribution in [0.2, 0.25) is 0 Å². The quantitative estimate of drug-likeness (QED) is 0.896. The molecule has 0 unspecified atom stereocenters. The van der Waals surface area contributed by atoms with Gasteiger partial charge < -0.3 is 10.3 Å². The summed E-state index contributed by atoms with van der Waals surface area (Å²) < 4.78 is 13.7. The number of hydrogen-bond acceptors (Lipinski definition) is 3. The molecule has 6 heteroatoms. The summed E-state index contributed by atoms with van der Waals surface area (Å²) in [5.41, 5.74) is 0.870. The highest BCUT2D eigenvalue weighted by Crippen LogP contribution is 2.22. The Balaban J connectivity index is 2.41. The van der Waals surface area contributed by atoms with Crippen LogP contribution in [0.5, 0.6) is 0 Å². The molecule has 0 bridgehead atoms. The lowest BCUT2D eigenvalue weighted by atomic mass is 10.2. The second kappa shape index (κ2) is 4.67. The number of aromatic nitrogens is 2. The average molecular weight is 298 g/mol. The highest BCUT2D eigenvalue weighted by atomic mass is 79.9. The molecule has 0 aliphatic heterocycles. The molecule has 1 heterocycles. The van der Waals surface area contributed by atoms with Crippen LogP contribution in [-0.4, -0.2) is 9.97 Å². The van der Waals surface area contributed by atoms with Crippen molar-refractivity contribution in [2.75, 3.05) is 5.32 Å². The number of anilines is 2. The van der Waals surface area contributed by atoms with Gasteiger partial charge in [0.05, 0.1) is 12.0 Å². The van der Waals surface area contributed by atoms with Gasteiger partial charge in [0.15, 0.2) is 5.82 Å². The third kappa shape index (κ3) is 2.52. The lowest BCUT2D eigenvalue weighted by molar-refractivity contribution is 0.631. The molecule has 88 valence electrons. The Morgan fingerprint density at radius 1 is 1.47 bits per heavy atom. The molecule has 0 aliphatic carbocycles. The van der Waals surface area contributed by atoms with Crippen molar-refractivity contribution in [3.63, 3.8) is 0 Å². The van der Waals surface area contributed by atoms with E-state index in [0.717, 1.165) is 5.56 Å². The molecule has 1 aromatic heterocycles. The van der Waals surface area contributed by atoms with Gasteiger partial charge in [0, 0.05) is 0 Å². The number of hydrogen-bond donors (Lipinski definition) is 2. The second-order valence-corrected chi connectivity index (χ2v) is 4.30. The maximum atomic E-state index is 13.5. The maximum Gasteiger partial charge on any atom is 0.267 e. The van der Waals surface area contributed by atoms with Gasteiger partial charge in [-0.05, 0) is 40.5 Å². The van der Waals surface area contributed by atoms with E-state index in [-0.39, 0.29) is 21.5 Å². The van der Waals surface area contributed by atoms with Crippen LogP contribution in [-0.2, 0) is 0 Å². The van der Waals surface area contributed by atoms with Gasteiger partial charge in [-0.15, -0.1) is 0 Å². The van der Waals surface area contributed by atoms with Gasteiger partial charge in [-0.25, -0.2) is 9.37 Å². The van der Waals surface area contributed by atoms with Crippen molar-refractivity contribution in [2.24, 2.45) is 0 Å². The van der Waals surface area contributed by atoms with Crippen LogP contribution >= 0.6 is 15.9 Å². The molecule has 0 amide bonds. The highest BCUT2D eigenvalue weighted by molar-refractivity contribution is 9.10. The predicted octanol–water partition coefficient (Wildman–Crippen LogP) is 2.72. The minimum absolute atomic E-state index is 0.237. The average Bonchev–Trinajstić information content (AvgIpc) is 2.30. The first-order chi connectivity index (χ1) is 8.08. The Labute approximate surface area is 105 Å². The van der Waals surface area contributed by atoms with Crippen LogP contribution in [0.4, 0.5) is 15.9 Å². The van der Waals surface area contributed by atoms with Gasteiger partial charge >= 0.3 is 0 Å². The number of nitrogens with one attached hydrogen (secondary N) is 2. The topological polar surface area (TPSA) is 57.8 Å². The largest absolute Gasteiger partial charge is 0.337 e. The van der Waals surface area contributed by atoms with Crippen molar-refractivity contribution in [3.8, 4) is 0 Å². The van der Waals surface area contributed by atoms with Crippen LogP contribution in [0.25, 0.3) is 0 Å². The van der Waals surface area contributed by atoms with Crippen LogP contribution in [0.1, 0.15) is 5.56 Å². The predicted molar refractivity (Wildman–Crippen MR) is 67.0 cm³/mol. The van der Waals surface area contributed by atoms with Crippen LogP contribution in [0.15, 0.2) is 33.8 Å². The Kier molecular flexibility index (Phi) is 3.23. The van der Waals surface area contributed by atoms with Crippen LogP contribution in [0.3, 0.4) is 0 Å². The van der Waals surface area contributed by atoms with E-state index >= 15 is 0 Å². The van der Waals surface area contributed by atoms with E-state index in [9.17, 15) is 9.18 Å². The molecule has 0 atom stereocenters. The van der Waals surface area contributed by atoms with E-state index in [0.29, 0.717) is 0 Å². The van der Waals surface area contributed by atoms with E-state index in [1.165, 1.54) is 12.4 Å². The number of nitrogens with zero attached hydrogens (tertiary/aromatic N) is 1. The zero-order chi connectivity index (χ0) is 12.4. The maximum absolute atomic E-state index is 13.5. The van der Waals surface area contributed by atoms with Crippen molar-refractivity contribution >= 4 is 27.4 Å². The summed E-state index contributed by atoms with van der Waals surface area (Å²) >= 11 is 3.09. The number of benzene rings is 1. The molecule has 0 fully saturated rings. The number of rotatable bonds is 2.